The largest absolute Gasteiger partial charge is 0.315 e. The molecule has 1 saturated heterocycles. The number of hydrogen-bond donors (Lipinski definition) is 1. The predicted octanol–water partition coefficient (Wildman–Crippen LogP) is 1.53. The number of nitrogens with one attached hydrogen (secondary N) is 1. The molecule has 1 heterocycles. The van der Waals surface area contributed by atoms with E-state index in [0.29, 0.717) is 6.04 Å². The van der Waals surface area contributed by atoms with Crippen LogP contribution in [0.3, 0.4) is 0 Å². The molecule has 108 valence electrons. The van der Waals surface area contributed by atoms with Crippen LogP contribution in [-0.2, 0) is 10.0 Å². The van der Waals surface area contributed by atoms with Gasteiger partial charge >= 0.3 is 0 Å². The minimum Gasteiger partial charge on any atom is -0.315 e. The van der Waals surface area contributed by atoms with Crippen molar-refractivity contribution in [3.05, 3.63) is 0 Å². The maximum absolute atomic E-state index is 12.1. The van der Waals surface area contributed by atoms with E-state index in [9.17, 15) is 8.42 Å². The molecule has 1 aliphatic heterocycles. The van der Waals surface area contributed by atoms with Gasteiger partial charge in [-0.25, -0.2) is 12.7 Å². The molecule has 6 heteroatoms. The van der Waals surface area contributed by atoms with Crippen LogP contribution in [0, 0.1) is 0 Å². The van der Waals surface area contributed by atoms with Gasteiger partial charge in [-0.1, -0.05) is 13.8 Å². The second-order valence-corrected chi connectivity index (χ2v) is 8.46. The van der Waals surface area contributed by atoms with Crippen molar-refractivity contribution >= 4 is 21.8 Å². The molecule has 1 rings (SSSR count). The molecule has 0 aromatic carbocycles. The molecule has 0 bridgehead atoms. The number of nitrogens with zero attached hydrogens (tertiary/aromatic N) is 1. The first-order chi connectivity index (χ1) is 8.43. The zero-order valence-electron chi connectivity index (χ0n) is 11.7. The SMILES string of the molecule is CC(C)NCCCCS(=O)(=O)N(C)C1CCSC1. The molecule has 18 heavy (non-hydrogen) atoms. The summed E-state index contributed by atoms with van der Waals surface area (Å²) in [5, 5.41) is 3.30. The van der Waals surface area contributed by atoms with Gasteiger partial charge in [0, 0.05) is 24.9 Å². The van der Waals surface area contributed by atoms with Gasteiger partial charge in [0.25, 0.3) is 0 Å². The van der Waals surface area contributed by atoms with Crippen molar-refractivity contribution in [1.82, 2.24) is 9.62 Å². The smallest absolute Gasteiger partial charge is 0.214 e. The zero-order valence-corrected chi connectivity index (χ0v) is 13.3. The van der Waals surface area contributed by atoms with Gasteiger partial charge in [0.2, 0.25) is 10.0 Å². The topological polar surface area (TPSA) is 49.4 Å². The van der Waals surface area contributed by atoms with Crippen LogP contribution in [-0.4, -0.2) is 55.7 Å². The summed E-state index contributed by atoms with van der Waals surface area (Å²) in [5.41, 5.74) is 0. The van der Waals surface area contributed by atoms with Gasteiger partial charge in [-0.05, 0) is 31.6 Å². The maximum atomic E-state index is 12.1. The molecule has 1 fully saturated rings. The lowest BCUT2D eigenvalue weighted by Crippen LogP contribution is -2.38. The van der Waals surface area contributed by atoms with Gasteiger partial charge < -0.3 is 5.32 Å². The predicted molar refractivity (Wildman–Crippen MR) is 79.7 cm³/mol. The fourth-order valence-electron chi connectivity index (χ4n) is 1.98. The van der Waals surface area contributed by atoms with Crippen molar-refractivity contribution in [3.63, 3.8) is 0 Å². The van der Waals surface area contributed by atoms with Gasteiger partial charge in [-0.3, -0.25) is 0 Å². The Balaban J connectivity index is 2.26. The standard InChI is InChI=1S/C12H26N2O2S2/c1-11(2)13-7-4-5-9-18(15,16)14(3)12-6-8-17-10-12/h11-13H,4-10H2,1-3H3. The van der Waals surface area contributed by atoms with E-state index in [1.807, 2.05) is 11.8 Å². The number of sulfonamides is 1. The molecule has 0 aromatic rings. The number of unbranched alkanes of at least 4 members (excludes halogenated alkanes) is 1. The lowest BCUT2D eigenvalue weighted by molar-refractivity contribution is 0.393. The molecule has 0 saturated carbocycles. The fraction of sp³-hybridized carbons (Fsp3) is 1.00. The number of thioether (sulfide) groups is 1. The van der Waals surface area contributed by atoms with Gasteiger partial charge in [0.1, 0.15) is 0 Å². The van der Waals surface area contributed by atoms with E-state index in [0.717, 1.165) is 37.3 Å². The van der Waals surface area contributed by atoms with Crippen molar-refractivity contribution in [2.45, 2.75) is 45.2 Å². The van der Waals surface area contributed by atoms with Crippen LogP contribution < -0.4 is 5.32 Å². The van der Waals surface area contributed by atoms with E-state index in [-0.39, 0.29) is 11.8 Å². The van der Waals surface area contributed by atoms with E-state index in [4.69, 9.17) is 0 Å². The molecule has 0 amide bonds. The van der Waals surface area contributed by atoms with Gasteiger partial charge in [-0.15, -0.1) is 0 Å². The van der Waals surface area contributed by atoms with Crippen molar-refractivity contribution < 1.29 is 8.42 Å². The van der Waals surface area contributed by atoms with Crippen LogP contribution in [0.2, 0.25) is 0 Å². The fourth-order valence-corrected chi connectivity index (χ4v) is 4.83. The Kier molecular flexibility index (Phi) is 6.98. The van der Waals surface area contributed by atoms with Crippen LogP contribution in [0.1, 0.15) is 33.1 Å². The average Bonchev–Trinajstić information content (AvgIpc) is 2.80. The Morgan fingerprint density at radius 2 is 2.11 bits per heavy atom. The molecular weight excluding hydrogens is 268 g/mol. The van der Waals surface area contributed by atoms with Gasteiger partial charge in [-0.2, -0.15) is 11.8 Å². The molecular formula is C12H26N2O2S2. The first-order valence-electron chi connectivity index (χ1n) is 6.70. The monoisotopic (exact) mass is 294 g/mol. The van der Waals surface area contributed by atoms with Gasteiger partial charge in [0.15, 0.2) is 0 Å². The van der Waals surface area contributed by atoms with E-state index in [1.54, 1.807) is 11.4 Å². The van der Waals surface area contributed by atoms with E-state index in [1.165, 1.54) is 0 Å². The first-order valence-corrected chi connectivity index (χ1v) is 9.46. The van der Waals surface area contributed by atoms with E-state index in [2.05, 4.69) is 19.2 Å². The molecule has 1 N–H and O–H groups in total. The summed E-state index contributed by atoms with van der Waals surface area (Å²) in [7, 11) is -1.32. The van der Waals surface area contributed by atoms with Crippen molar-refractivity contribution in [2.75, 3.05) is 30.9 Å². The summed E-state index contributed by atoms with van der Waals surface area (Å²) in [5.74, 6) is 2.32. The molecule has 0 spiro atoms. The van der Waals surface area contributed by atoms with Crippen molar-refractivity contribution in [1.29, 1.82) is 0 Å². The quantitative estimate of drug-likeness (QED) is 0.690. The first kappa shape index (κ1) is 16.3. The minimum atomic E-state index is -3.05. The van der Waals surface area contributed by atoms with Crippen LogP contribution in [0.25, 0.3) is 0 Å². The summed E-state index contributed by atoms with van der Waals surface area (Å²) < 4.78 is 25.8. The Labute approximate surface area is 116 Å². The average molecular weight is 294 g/mol. The maximum Gasteiger partial charge on any atom is 0.214 e. The Morgan fingerprint density at radius 1 is 1.39 bits per heavy atom. The second-order valence-electron chi connectivity index (χ2n) is 5.17. The van der Waals surface area contributed by atoms with E-state index < -0.39 is 10.0 Å². The summed E-state index contributed by atoms with van der Waals surface area (Å²) in [6, 6.07) is 0.689. The molecule has 0 aromatic heterocycles. The Bertz CT molecular complexity index is 325. The van der Waals surface area contributed by atoms with Crippen LogP contribution in [0.4, 0.5) is 0 Å². The zero-order chi connectivity index (χ0) is 13.6. The summed E-state index contributed by atoms with van der Waals surface area (Å²) in [4.78, 5) is 0. The second kappa shape index (κ2) is 7.72. The highest BCUT2D eigenvalue weighted by atomic mass is 32.2. The third-order valence-corrected chi connectivity index (χ3v) is 6.37. The lowest BCUT2D eigenvalue weighted by atomic mass is 10.3. The highest BCUT2D eigenvalue weighted by Gasteiger charge is 2.28. The third-order valence-electron chi connectivity index (χ3n) is 3.24. The lowest BCUT2D eigenvalue weighted by Gasteiger charge is -2.23. The van der Waals surface area contributed by atoms with Crippen LogP contribution >= 0.6 is 11.8 Å². The Morgan fingerprint density at radius 3 is 2.67 bits per heavy atom. The highest BCUT2D eigenvalue weighted by Crippen LogP contribution is 2.23. The Hall–Kier alpha value is 0.220. The van der Waals surface area contributed by atoms with Crippen molar-refractivity contribution in [2.24, 2.45) is 0 Å². The normalized spacial score (nSPS) is 21.1. The molecule has 0 aliphatic carbocycles. The molecule has 1 aliphatic rings. The van der Waals surface area contributed by atoms with Crippen molar-refractivity contribution in [3.8, 4) is 0 Å². The molecule has 1 atom stereocenters. The summed E-state index contributed by atoms with van der Waals surface area (Å²) in [6.45, 7) is 5.10. The highest BCUT2D eigenvalue weighted by molar-refractivity contribution is 7.99. The minimum absolute atomic E-state index is 0.216. The molecule has 1 unspecified atom stereocenters. The number of hydrogen-bond acceptors (Lipinski definition) is 4. The van der Waals surface area contributed by atoms with Gasteiger partial charge in [0.05, 0.1) is 5.75 Å². The summed E-state index contributed by atoms with van der Waals surface area (Å²) >= 11 is 1.85. The number of rotatable bonds is 8. The van der Waals surface area contributed by atoms with Crippen LogP contribution in [0.5, 0.6) is 0 Å². The molecule has 4 nitrogen and oxygen atoms in total. The van der Waals surface area contributed by atoms with E-state index >= 15 is 0 Å². The van der Waals surface area contributed by atoms with Crippen LogP contribution in [0.15, 0.2) is 0 Å². The molecule has 0 radical (unpaired) electrons. The summed E-state index contributed by atoms with van der Waals surface area (Å²) in [6.07, 6.45) is 2.66. The third kappa shape index (κ3) is 5.47.